The molecule has 1 N–H and O–H groups in total. The van der Waals surface area contributed by atoms with Gasteiger partial charge in [0.25, 0.3) is 0 Å². The van der Waals surface area contributed by atoms with Crippen LogP contribution in [-0.2, 0) is 6.18 Å². The number of hydrogen-bond acceptors (Lipinski definition) is 4. The van der Waals surface area contributed by atoms with Crippen molar-refractivity contribution in [3.63, 3.8) is 0 Å². The summed E-state index contributed by atoms with van der Waals surface area (Å²) in [6.45, 7) is 1.84. The fourth-order valence-corrected chi connectivity index (χ4v) is 2.20. The van der Waals surface area contributed by atoms with E-state index in [2.05, 4.69) is 15.3 Å². The summed E-state index contributed by atoms with van der Waals surface area (Å²) in [5.74, 6) is -0.0366. The number of rotatable bonds is 2. The zero-order valence-electron chi connectivity index (χ0n) is 9.67. The van der Waals surface area contributed by atoms with Crippen LogP contribution in [0, 0.1) is 6.92 Å². The van der Waals surface area contributed by atoms with Gasteiger partial charge in [-0.15, -0.1) is 11.3 Å². The number of nitrogens with one attached hydrogen (secondary N) is 1. The van der Waals surface area contributed by atoms with E-state index in [0.29, 0.717) is 5.56 Å². The first kappa shape index (κ1) is 12.8. The molecule has 2 rings (SSSR count). The van der Waals surface area contributed by atoms with E-state index in [9.17, 15) is 13.2 Å². The van der Waals surface area contributed by atoms with Crippen molar-refractivity contribution in [3.05, 3.63) is 28.1 Å². The Kier molecular flexibility index (Phi) is 3.25. The molecule has 0 aliphatic carbocycles. The first-order valence-electron chi connectivity index (χ1n) is 5.10. The molecule has 0 saturated carbocycles. The number of anilines is 1. The molecule has 0 fully saturated rings. The first-order valence-corrected chi connectivity index (χ1v) is 5.98. The summed E-state index contributed by atoms with van der Waals surface area (Å²) >= 11 is 1.46. The second-order valence-electron chi connectivity index (χ2n) is 3.60. The highest BCUT2D eigenvalue weighted by atomic mass is 32.1. The van der Waals surface area contributed by atoms with Gasteiger partial charge in [-0.1, -0.05) is 0 Å². The molecule has 0 aromatic carbocycles. The highest BCUT2D eigenvalue weighted by Gasteiger charge is 2.33. The zero-order chi connectivity index (χ0) is 13.3. The topological polar surface area (TPSA) is 37.8 Å². The average molecular weight is 273 g/mol. The van der Waals surface area contributed by atoms with Gasteiger partial charge in [0.1, 0.15) is 0 Å². The number of thiophene rings is 1. The molecule has 3 nitrogen and oxygen atoms in total. The highest BCUT2D eigenvalue weighted by Crippen LogP contribution is 2.33. The van der Waals surface area contributed by atoms with Crippen molar-refractivity contribution < 1.29 is 13.2 Å². The molecule has 0 atom stereocenters. The molecule has 0 saturated heterocycles. The number of aryl methyl sites for hydroxylation is 1. The van der Waals surface area contributed by atoms with Crippen LogP contribution < -0.4 is 5.32 Å². The molecule has 2 aromatic rings. The minimum Gasteiger partial charge on any atom is -0.357 e. The minimum absolute atomic E-state index is 0.0366. The quantitative estimate of drug-likeness (QED) is 0.909. The summed E-state index contributed by atoms with van der Waals surface area (Å²) in [5.41, 5.74) is 0.0345. The van der Waals surface area contributed by atoms with Crippen molar-refractivity contribution in [2.24, 2.45) is 0 Å². The number of aromatic nitrogens is 2. The minimum atomic E-state index is -4.48. The summed E-state index contributed by atoms with van der Waals surface area (Å²) in [6, 6.07) is 2.72. The van der Waals surface area contributed by atoms with Crippen molar-refractivity contribution in [2.45, 2.75) is 13.1 Å². The molecule has 7 heteroatoms. The van der Waals surface area contributed by atoms with Crippen LogP contribution in [0.5, 0.6) is 0 Å². The maximum Gasteiger partial charge on any atom is 0.433 e. The molecule has 2 heterocycles. The third kappa shape index (κ3) is 2.45. The Balaban J connectivity index is 2.58. The van der Waals surface area contributed by atoms with Gasteiger partial charge in [0.2, 0.25) is 5.95 Å². The number of hydrogen-bond donors (Lipinski definition) is 1. The van der Waals surface area contributed by atoms with E-state index in [4.69, 9.17) is 0 Å². The zero-order valence-corrected chi connectivity index (χ0v) is 10.5. The molecule has 0 spiro atoms. The van der Waals surface area contributed by atoms with E-state index in [1.807, 2.05) is 12.3 Å². The van der Waals surface area contributed by atoms with Crippen molar-refractivity contribution >= 4 is 17.3 Å². The lowest BCUT2D eigenvalue weighted by atomic mass is 10.1. The normalized spacial score (nSPS) is 11.6. The molecular formula is C11H10F3N3S. The van der Waals surface area contributed by atoms with Crippen molar-refractivity contribution in [1.82, 2.24) is 9.97 Å². The number of alkyl halides is 3. The standard InChI is InChI=1S/C11H10F3N3S/c1-6-7(3-4-18-6)8-5-9(11(12,13)14)17-10(15-2)16-8/h3-5H,1-2H3,(H,15,16,17). The second-order valence-corrected chi connectivity index (χ2v) is 4.72. The Labute approximate surface area is 106 Å². The lowest BCUT2D eigenvalue weighted by Crippen LogP contribution is -2.11. The van der Waals surface area contributed by atoms with Gasteiger partial charge in [-0.25, -0.2) is 9.97 Å². The smallest absolute Gasteiger partial charge is 0.357 e. The summed E-state index contributed by atoms with van der Waals surface area (Å²) in [5, 5.41) is 4.36. The molecule has 96 valence electrons. The second kappa shape index (κ2) is 4.56. The lowest BCUT2D eigenvalue weighted by Gasteiger charge is -2.10. The van der Waals surface area contributed by atoms with E-state index in [1.54, 1.807) is 6.07 Å². The molecule has 18 heavy (non-hydrogen) atoms. The van der Waals surface area contributed by atoms with E-state index in [1.165, 1.54) is 18.4 Å². The monoisotopic (exact) mass is 273 g/mol. The van der Waals surface area contributed by atoms with Crippen LogP contribution >= 0.6 is 11.3 Å². The average Bonchev–Trinajstić information content (AvgIpc) is 2.73. The SMILES string of the molecule is CNc1nc(-c2ccsc2C)cc(C(F)(F)F)n1. The Morgan fingerprint density at radius 2 is 2.00 bits per heavy atom. The van der Waals surface area contributed by atoms with E-state index in [0.717, 1.165) is 10.9 Å². The molecular weight excluding hydrogens is 263 g/mol. The summed E-state index contributed by atoms with van der Waals surface area (Å²) in [4.78, 5) is 8.39. The van der Waals surface area contributed by atoms with E-state index < -0.39 is 11.9 Å². The molecule has 0 amide bonds. The molecule has 0 bridgehead atoms. The van der Waals surface area contributed by atoms with Gasteiger partial charge < -0.3 is 5.32 Å². The van der Waals surface area contributed by atoms with Gasteiger partial charge in [0, 0.05) is 17.5 Å². The number of halogens is 3. The van der Waals surface area contributed by atoms with E-state index in [-0.39, 0.29) is 11.6 Å². The molecule has 0 aliphatic heterocycles. The molecule has 2 aromatic heterocycles. The number of nitrogens with zero attached hydrogens (tertiary/aromatic N) is 2. The van der Waals surface area contributed by atoms with Crippen LogP contribution in [0.4, 0.5) is 19.1 Å². The van der Waals surface area contributed by atoms with Gasteiger partial charge in [0.15, 0.2) is 5.69 Å². The first-order chi connectivity index (χ1) is 8.41. The summed E-state index contributed by atoms with van der Waals surface area (Å²) in [7, 11) is 1.49. The largest absolute Gasteiger partial charge is 0.433 e. The van der Waals surface area contributed by atoms with Crippen LogP contribution in [-0.4, -0.2) is 17.0 Å². The van der Waals surface area contributed by atoms with Crippen molar-refractivity contribution in [1.29, 1.82) is 0 Å². The van der Waals surface area contributed by atoms with Crippen LogP contribution in [0.2, 0.25) is 0 Å². The maximum absolute atomic E-state index is 12.7. The Morgan fingerprint density at radius 1 is 1.28 bits per heavy atom. The van der Waals surface area contributed by atoms with Crippen LogP contribution in [0.15, 0.2) is 17.5 Å². The third-order valence-corrected chi connectivity index (χ3v) is 3.22. The third-order valence-electron chi connectivity index (χ3n) is 2.37. The van der Waals surface area contributed by atoms with Crippen LogP contribution in [0.1, 0.15) is 10.6 Å². The molecule has 0 unspecified atom stereocenters. The Hall–Kier alpha value is -1.63. The van der Waals surface area contributed by atoms with Gasteiger partial charge in [-0.2, -0.15) is 13.2 Å². The predicted octanol–water partition coefficient (Wildman–Crippen LogP) is 3.57. The van der Waals surface area contributed by atoms with Crippen LogP contribution in [0.3, 0.4) is 0 Å². The molecule has 0 aliphatic rings. The van der Waals surface area contributed by atoms with Crippen LogP contribution in [0.25, 0.3) is 11.3 Å². The predicted molar refractivity (Wildman–Crippen MR) is 64.6 cm³/mol. The Morgan fingerprint density at radius 3 is 2.50 bits per heavy atom. The lowest BCUT2D eigenvalue weighted by molar-refractivity contribution is -0.141. The fourth-order valence-electron chi connectivity index (χ4n) is 1.49. The van der Waals surface area contributed by atoms with Gasteiger partial charge >= 0.3 is 6.18 Å². The van der Waals surface area contributed by atoms with Gasteiger partial charge in [-0.05, 0) is 24.4 Å². The molecule has 0 radical (unpaired) electrons. The highest BCUT2D eigenvalue weighted by molar-refractivity contribution is 7.10. The van der Waals surface area contributed by atoms with E-state index >= 15 is 0 Å². The summed E-state index contributed by atoms with van der Waals surface area (Å²) < 4.78 is 38.1. The maximum atomic E-state index is 12.7. The fraction of sp³-hybridized carbons (Fsp3) is 0.273. The summed E-state index contributed by atoms with van der Waals surface area (Å²) in [6.07, 6.45) is -4.48. The van der Waals surface area contributed by atoms with Gasteiger partial charge in [-0.3, -0.25) is 0 Å². The van der Waals surface area contributed by atoms with Crippen molar-refractivity contribution in [2.75, 3.05) is 12.4 Å². The van der Waals surface area contributed by atoms with Gasteiger partial charge in [0.05, 0.1) is 5.69 Å². The van der Waals surface area contributed by atoms with Crippen molar-refractivity contribution in [3.8, 4) is 11.3 Å². The Bertz CT molecular complexity index is 563.